The van der Waals surface area contributed by atoms with Crippen molar-refractivity contribution >= 4 is 11.6 Å². The van der Waals surface area contributed by atoms with Gasteiger partial charge in [0, 0.05) is 5.69 Å². The number of phenols is 2. The van der Waals surface area contributed by atoms with E-state index in [0.717, 1.165) is 11.1 Å². The van der Waals surface area contributed by atoms with Crippen LogP contribution in [0.1, 0.15) is 21.5 Å². The third-order valence-electron chi connectivity index (χ3n) is 2.89. The lowest BCUT2D eigenvalue weighted by Gasteiger charge is -2.10. The van der Waals surface area contributed by atoms with Crippen molar-refractivity contribution in [3.63, 3.8) is 0 Å². The van der Waals surface area contributed by atoms with Crippen LogP contribution < -0.4 is 5.32 Å². The molecule has 2 aromatic carbocycles. The quantitative estimate of drug-likeness (QED) is 0.724. The van der Waals surface area contributed by atoms with E-state index in [9.17, 15) is 15.0 Å². The van der Waals surface area contributed by atoms with Crippen molar-refractivity contribution in [2.45, 2.75) is 13.8 Å². The molecule has 0 fully saturated rings. The Morgan fingerprint density at radius 1 is 1.11 bits per heavy atom. The van der Waals surface area contributed by atoms with Gasteiger partial charge in [0.2, 0.25) is 0 Å². The molecule has 0 radical (unpaired) electrons. The van der Waals surface area contributed by atoms with E-state index in [-0.39, 0.29) is 11.3 Å². The van der Waals surface area contributed by atoms with Gasteiger partial charge >= 0.3 is 0 Å². The van der Waals surface area contributed by atoms with Gasteiger partial charge in [0.25, 0.3) is 5.91 Å². The molecule has 0 aliphatic rings. The predicted octanol–water partition coefficient (Wildman–Crippen LogP) is 2.97. The smallest absolute Gasteiger partial charge is 0.259 e. The number of rotatable bonds is 2. The monoisotopic (exact) mass is 257 g/mol. The third-order valence-corrected chi connectivity index (χ3v) is 2.89. The first-order chi connectivity index (χ1) is 8.99. The molecule has 0 aliphatic heterocycles. The summed E-state index contributed by atoms with van der Waals surface area (Å²) in [5.74, 6) is -1.18. The number of anilines is 1. The van der Waals surface area contributed by atoms with E-state index in [2.05, 4.69) is 5.32 Å². The molecular formula is C15H15NO3. The Kier molecular flexibility index (Phi) is 3.42. The minimum atomic E-state index is -0.458. The highest BCUT2D eigenvalue weighted by Gasteiger charge is 2.14. The summed E-state index contributed by atoms with van der Waals surface area (Å²) in [5, 5.41) is 21.7. The predicted molar refractivity (Wildman–Crippen MR) is 73.6 cm³/mol. The molecular weight excluding hydrogens is 242 g/mol. The zero-order valence-electron chi connectivity index (χ0n) is 10.8. The molecule has 1 amide bonds. The Labute approximate surface area is 111 Å². The summed E-state index contributed by atoms with van der Waals surface area (Å²) < 4.78 is 0. The maximum Gasteiger partial charge on any atom is 0.259 e. The van der Waals surface area contributed by atoms with E-state index < -0.39 is 11.7 Å². The number of hydrogen-bond donors (Lipinski definition) is 3. The Morgan fingerprint density at radius 2 is 1.84 bits per heavy atom. The number of phenolic OH excluding ortho intramolecular Hbond substituents is 2. The molecule has 0 saturated heterocycles. The summed E-state index contributed by atoms with van der Waals surface area (Å²) in [6.45, 7) is 3.87. The lowest BCUT2D eigenvalue weighted by molar-refractivity contribution is 0.102. The summed E-state index contributed by atoms with van der Waals surface area (Å²) in [6, 6.07) is 9.94. The van der Waals surface area contributed by atoms with Gasteiger partial charge in [-0.15, -0.1) is 0 Å². The second-order valence-electron chi connectivity index (χ2n) is 4.45. The van der Waals surface area contributed by atoms with E-state index >= 15 is 0 Å². The SMILES string of the molecule is Cc1ccc(NC(=O)c2cccc(O)c2O)c(C)c1. The normalized spacial score (nSPS) is 10.2. The van der Waals surface area contributed by atoms with Gasteiger partial charge in [0.05, 0.1) is 5.56 Å². The van der Waals surface area contributed by atoms with Crippen molar-refractivity contribution in [2.24, 2.45) is 0 Å². The zero-order valence-corrected chi connectivity index (χ0v) is 10.8. The maximum absolute atomic E-state index is 12.0. The molecule has 4 nitrogen and oxygen atoms in total. The highest BCUT2D eigenvalue weighted by molar-refractivity contribution is 6.06. The van der Waals surface area contributed by atoms with Gasteiger partial charge in [0.1, 0.15) is 0 Å². The second kappa shape index (κ2) is 5.02. The van der Waals surface area contributed by atoms with Crippen LogP contribution in [0.15, 0.2) is 36.4 Å². The standard InChI is InChI=1S/C15H15NO3/c1-9-6-7-12(10(2)8-9)16-15(19)11-4-3-5-13(17)14(11)18/h3-8,17-18H,1-2H3,(H,16,19). The molecule has 2 aromatic rings. The average molecular weight is 257 g/mol. The van der Waals surface area contributed by atoms with Crippen LogP contribution in [-0.4, -0.2) is 16.1 Å². The van der Waals surface area contributed by atoms with Crippen molar-refractivity contribution in [1.82, 2.24) is 0 Å². The van der Waals surface area contributed by atoms with Crippen LogP contribution in [0.5, 0.6) is 11.5 Å². The molecule has 0 atom stereocenters. The molecule has 19 heavy (non-hydrogen) atoms. The third kappa shape index (κ3) is 2.68. The van der Waals surface area contributed by atoms with Crippen LogP contribution in [0.2, 0.25) is 0 Å². The van der Waals surface area contributed by atoms with E-state index in [1.165, 1.54) is 18.2 Å². The molecule has 0 aliphatic carbocycles. The molecule has 0 unspecified atom stereocenters. The highest BCUT2D eigenvalue weighted by atomic mass is 16.3. The van der Waals surface area contributed by atoms with Crippen molar-refractivity contribution in [3.05, 3.63) is 53.1 Å². The average Bonchev–Trinajstić information content (AvgIpc) is 2.36. The first kappa shape index (κ1) is 13.0. The van der Waals surface area contributed by atoms with Crippen LogP contribution in [0.3, 0.4) is 0 Å². The molecule has 0 heterocycles. The Bertz CT molecular complexity index is 635. The number of para-hydroxylation sites is 1. The minimum Gasteiger partial charge on any atom is -0.504 e. The fourth-order valence-electron chi connectivity index (χ4n) is 1.86. The molecule has 3 N–H and O–H groups in total. The van der Waals surface area contributed by atoms with Crippen molar-refractivity contribution in [2.75, 3.05) is 5.32 Å². The molecule has 0 spiro atoms. The van der Waals surface area contributed by atoms with Crippen LogP contribution in [0.4, 0.5) is 5.69 Å². The number of nitrogens with one attached hydrogen (secondary N) is 1. The highest BCUT2D eigenvalue weighted by Crippen LogP contribution is 2.29. The summed E-state index contributed by atoms with van der Waals surface area (Å²) in [4.78, 5) is 12.0. The molecule has 0 aromatic heterocycles. The minimum absolute atomic E-state index is 0.0416. The summed E-state index contributed by atoms with van der Waals surface area (Å²) in [6.07, 6.45) is 0. The molecule has 0 saturated carbocycles. The molecule has 2 rings (SSSR count). The van der Waals surface area contributed by atoms with Crippen molar-refractivity contribution in [1.29, 1.82) is 0 Å². The number of aryl methyl sites for hydroxylation is 2. The summed E-state index contributed by atoms with van der Waals surface area (Å²) in [5.41, 5.74) is 2.77. The van der Waals surface area contributed by atoms with Gasteiger partial charge in [-0.1, -0.05) is 23.8 Å². The van der Waals surface area contributed by atoms with Crippen LogP contribution >= 0.6 is 0 Å². The number of hydrogen-bond acceptors (Lipinski definition) is 3. The van der Waals surface area contributed by atoms with Crippen molar-refractivity contribution < 1.29 is 15.0 Å². The molecule has 0 bridgehead atoms. The van der Waals surface area contributed by atoms with Gasteiger partial charge in [-0.2, -0.15) is 0 Å². The number of carbonyl (C=O) groups excluding carboxylic acids is 1. The van der Waals surface area contributed by atoms with Crippen LogP contribution in [0.25, 0.3) is 0 Å². The number of aromatic hydroxyl groups is 2. The summed E-state index contributed by atoms with van der Waals surface area (Å²) in [7, 11) is 0. The van der Waals surface area contributed by atoms with Crippen LogP contribution in [-0.2, 0) is 0 Å². The Hall–Kier alpha value is -2.49. The van der Waals surface area contributed by atoms with Gasteiger partial charge in [-0.3, -0.25) is 4.79 Å². The fraction of sp³-hybridized carbons (Fsp3) is 0.133. The van der Waals surface area contributed by atoms with E-state index in [0.29, 0.717) is 5.69 Å². The lowest BCUT2D eigenvalue weighted by atomic mass is 10.1. The molecule has 98 valence electrons. The zero-order chi connectivity index (χ0) is 14.0. The van der Waals surface area contributed by atoms with Gasteiger partial charge in [0.15, 0.2) is 11.5 Å². The largest absolute Gasteiger partial charge is 0.504 e. The maximum atomic E-state index is 12.0. The number of carbonyl (C=O) groups is 1. The van der Waals surface area contributed by atoms with Crippen molar-refractivity contribution in [3.8, 4) is 11.5 Å². The number of benzene rings is 2. The first-order valence-electron chi connectivity index (χ1n) is 5.88. The van der Waals surface area contributed by atoms with Gasteiger partial charge < -0.3 is 15.5 Å². The van der Waals surface area contributed by atoms with Gasteiger partial charge in [-0.25, -0.2) is 0 Å². The topological polar surface area (TPSA) is 69.6 Å². The lowest BCUT2D eigenvalue weighted by Crippen LogP contribution is -2.13. The Morgan fingerprint density at radius 3 is 2.53 bits per heavy atom. The van der Waals surface area contributed by atoms with E-state index in [4.69, 9.17) is 0 Å². The molecule has 4 heteroatoms. The second-order valence-corrected chi connectivity index (χ2v) is 4.45. The fourth-order valence-corrected chi connectivity index (χ4v) is 1.86. The van der Waals surface area contributed by atoms with Gasteiger partial charge in [-0.05, 0) is 37.6 Å². The van der Waals surface area contributed by atoms with Crippen LogP contribution in [0, 0.1) is 13.8 Å². The van der Waals surface area contributed by atoms with E-state index in [1.807, 2.05) is 32.0 Å². The first-order valence-corrected chi connectivity index (χ1v) is 5.88. The number of amides is 1. The van der Waals surface area contributed by atoms with E-state index in [1.54, 1.807) is 0 Å². The summed E-state index contributed by atoms with van der Waals surface area (Å²) >= 11 is 0. The Balaban J connectivity index is 2.28.